The van der Waals surface area contributed by atoms with Gasteiger partial charge in [0.05, 0.1) is 0 Å². The van der Waals surface area contributed by atoms with E-state index in [4.69, 9.17) is 4.74 Å². The highest BCUT2D eigenvalue weighted by Crippen LogP contribution is 2.40. The quantitative estimate of drug-likeness (QED) is 0.642. The molecule has 0 saturated carbocycles. The molecule has 2 aromatic carbocycles. The van der Waals surface area contributed by atoms with E-state index in [-0.39, 0.29) is 6.23 Å². The molecule has 1 aliphatic rings. The van der Waals surface area contributed by atoms with Gasteiger partial charge in [-0.15, -0.1) is 10.2 Å². The van der Waals surface area contributed by atoms with Gasteiger partial charge in [-0.05, 0) is 43.7 Å². The highest BCUT2D eigenvalue weighted by molar-refractivity contribution is 7.99. The van der Waals surface area contributed by atoms with Gasteiger partial charge in [-0.25, -0.2) is 0 Å². The Bertz CT molecular complexity index is 982. The summed E-state index contributed by atoms with van der Waals surface area (Å²) in [6.07, 6.45) is -0.343. The Morgan fingerprint density at radius 3 is 2.56 bits per heavy atom. The number of benzene rings is 2. The molecule has 138 valence electrons. The van der Waals surface area contributed by atoms with Crippen LogP contribution in [-0.2, 0) is 0 Å². The first-order valence-electron chi connectivity index (χ1n) is 9.04. The molecule has 1 atom stereocenters. The van der Waals surface area contributed by atoms with Crippen LogP contribution in [0, 0.1) is 20.8 Å². The van der Waals surface area contributed by atoms with Crippen LogP contribution in [0.5, 0.6) is 5.88 Å². The molecule has 27 heavy (non-hydrogen) atoms. The SMILES string of the molecule is CCSc1nnc2c(n1)O[C@@H](c1c(C)cc(C)cc1C)Nc1ccccc1-2. The highest BCUT2D eigenvalue weighted by atomic mass is 32.2. The molecule has 5 nitrogen and oxygen atoms in total. The van der Waals surface area contributed by atoms with E-state index >= 15 is 0 Å². The highest BCUT2D eigenvalue weighted by Gasteiger charge is 2.27. The number of aromatic nitrogens is 3. The maximum Gasteiger partial charge on any atom is 0.247 e. The van der Waals surface area contributed by atoms with Gasteiger partial charge >= 0.3 is 0 Å². The Morgan fingerprint density at radius 1 is 1.07 bits per heavy atom. The predicted octanol–water partition coefficient (Wildman–Crippen LogP) is 5.08. The van der Waals surface area contributed by atoms with Crippen molar-refractivity contribution in [3.05, 3.63) is 58.7 Å². The van der Waals surface area contributed by atoms with Crippen LogP contribution in [0.2, 0.25) is 0 Å². The molecular weight excluding hydrogens is 356 g/mol. The van der Waals surface area contributed by atoms with Crippen molar-refractivity contribution in [2.24, 2.45) is 0 Å². The van der Waals surface area contributed by atoms with Crippen LogP contribution >= 0.6 is 11.8 Å². The van der Waals surface area contributed by atoms with Crippen LogP contribution in [-0.4, -0.2) is 20.9 Å². The van der Waals surface area contributed by atoms with Crippen molar-refractivity contribution in [1.82, 2.24) is 15.2 Å². The van der Waals surface area contributed by atoms with E-state index in [0.29, 0.717) is 16.7 Å². The van der Waals surface area contributed by atoms with E-state index in [1.54, 1.807) is 11.8 Å². The fourth-order valence-electron chi connectivity index (χ4n) is 3.57. The topological polar surface area (TPSA) is 59.9 Å². The summed E-state index contributed by atoms with van der Waals surface area (Å²) in [6, 6.07) is 12.4. The molecule has 0 radical (unpaired) electrons. The first-order valence-corrected chi connectivity index (χ1v) is 10.0. The fourth-order valence-corrected chi connectivity index (χ4v) is 4.08. The van der Waals surface area contributed by atoms with Gasteiger partial charge in [0, 0.05) is 16.8 Å². The van der Waals surface area contributed by atoms with E-state index < -0.39 is 0 Å². The first kappa shape index (κ1) is 17.8. The molecule has 1 N–H and O–H groups in total. The Morgan fingerprint density at radius 2 is 1.81 bits per heavy atom. The third kappa shape index (κ3) is 3.37. The Hall–Kier alpha value is -2.60. The number of thioether (sulfide) groups is 1. The molecule has 3 aromatic rings. The summed E-state index contributed by atoms with van der Waals surface area (Å²) in [6.45, 7) is 8.42. The van der Waals surface area contributed by atoms with Crippen LogP contribution in [0.15, 0.2) is 41.6 Å². The van der Waals surface area contributed by atoms with Gasteiger partial charge in [0.2, 0.25) is 11.0 Å². The average Bonchev–Trinajstić information content (AvgIpc) is 2.77. The van der Waals surface area contributed by atoms with Crippen molar-refractivity contribution >= 4 is 17.4 Å². The molecule has 0 amide bonds. The number of rotatable bonds is 3. The Kier molecular flexibility index (Phi) is 4.74. The third-order valence-corrected chi connectivity index (χ3v) is 5.33. The van der Waals surface area contributed by atoms with E-state index in [0.717, 1.165) is 22.6 Å². The van der Waals surface area contributed by atoms with Gasteiger partial charge in [0.1, 0.15) is 0 Å². The number of anilines is 1. The van der Waals surface area contributed by atoms with E-state index in [1.807, 2.05) is 24.3 Å². The van der Waals surface area contributed by atoms with Crippen LogP contribution in [0.4, 0.5) is 5.69 Å². The number of nitrogens with zero attached hydrogens (tertiary/aromatic N) is 3. The number of ether oxygens (including phenoxy) is 1. The second-order valence-electron chi connectivity index (χ2n) is 6.68. The summed E-state index contributed by atoms with van der Waals surface area (Å²) in [5.41, 5.74) is 7.34. The molecule has 0 fully saturated rings. The van der Waals surface area contributed by atoms with E-state index in [1.165, 1.54) is 16.7 Å². The minimum Gasteiger partial charge on any atom is -0.448 e. The molecule has 0 saturated heterocycles. The van der Waals surface area contributed by atoms with Crippen molar-refractivity contribution in [3.63, 3.8) is 0 Å². The molecule has 1 aliphatic heterocycles. The Balaban J connectivity index is 1.87. The molecule has 4 rings (SSSR count). The zero-order valence-corrected chi connectivity index (χ0v) is 16.7. The smallest absolute Gasteiger partial charge is 0.247 e. The monoisotopic (exact) mass is 378 g/mol. The van der Waals surface area contributed by atoms with Crippen LogP contribution < -0.4 is 10.1 Å². The summed E-state index contributed by atoms with van der Waals surface area (Å²) < 4.78 is 6.38. The lowest BCUT2D eigenvalue weighted by molar-refractivity contribution is 0.224. The summed E-state index contributed by atoms with van der Waals surface area (Å²) in [5, 5.41) is 12.9. The number of nitrogens with one attached hydrogen (secondary N) is 1. The van der Waals surface area contributed by atoms with Crippen LogP contribution in [0.1, 0.15) is 35.4 Å². The summed E-state index contributed by atoms with van der Waals surface area (Å²) in [7, 11) is 0. The maximum absolute atomic E-state index is 6.38. The summed E-state index contributed by atoms with van der Waals surface area (Å²) in [4.78, 5) is 4.64. The van der Waals surface area contributed by atoms with Gasteiger partial charge < -0.3 is 10.1 Å². The molecule has 2 heterocycles. The van der Waals surface area contributed by atoms with Crippen LogP contribution in [0.25, 0.3) is 11.3 Å². The normalized spacial score (nSPS) is 15.2. The molecular formula is C21H22N4OS. The van der Waals surface area contributed by atoms with Crippen molar-refractivity contribution in [1.29, 1.82) is 0 Å². The molecule has 1 aromatic heterocycles. The lowest BCUT2D eigenvalue weighted by Crippen LogP contribution is -2.19. The summed E-state index contributed by atoms with van der Waals surface area (Å²) >= 11 is 1.56. The molecule has 0 bridgehead atoms. The van der Waals surface area contributed by atoms with Crippen molar-refractivity contribution in [3.8, 4) is 17.1 Å². The molecule has 0 spiro atoms. The standard InChI is InChI=1S/C21H22N4OS/c1-5-27-21-23-20-18(24-25-21)15-8-6-7-9-16(15)22-19(26-20)17-13(3)10-12(2)11-14(17)4/h6-11,19,22H,5H2,1-4H3/t19-/m0/s1. The average molecular weight is 379 g/mol. The fraction of sp³-hybridized carbons (Fsp3) is 0.286. The number of para-hydroxylation sites is 1. The summed E-state index contributed by atoms with van der Waals surface area (Å²) in [5.74, 6) is 1.40. The molecule has 0 aliphatic carbocycles. The second-order valence-corrected chi connectivity index (χ2v) is 7.91. The van der Waals surface area contributed by atoms with Gasteiger partial charge in [0.25, 0.3) is 0 Å². The first-order chi connectivity index (χ1) is 13.1. The lowest BCUT2D eigenvalue weighted by atomic mass is 9.98. The zero-order valence-electron chi connectivity index (χ0n) is 15.9. The minimum atomic E-state index is -0.343. The number of hydrogen-bond donors (Lipinski definition) is 1. The van der Waals surface area contributed by atoms with Crippen molar-refractivity contribution in [2.45, 2.75) is 39.1 Å². The second kappa shape index (κ2) is 7.19. The Labute approximate surface area is 163 Å². The van der Waals surface area contributed by atoms with Crippen LogP contribution in [0.3, 0.4) is 0 Å². The number of fused-ring (bicyclic) bond motifs is 3. The van der Waals surface area contributed by atoms with E-state index in [9.17, 15) is 0 Å². The van der Waals surface area contributed by atoms with Gasteiger partial charge in [-0.3, -0.25) is 0 Å². The third-order valence-electron chi connectivity index (χ3n) is 4.61. The largest absolute Gasteiger partial charge is 0.448 e. The number of hydrogen-bond acceptors (Lipinski definition) is 6. The minimum absolute atomic E-state index is 0.343. The molecule has 0 unspecified atom stereocenters. The van der Waals surface area contributed by atoms with Gasteiger partial charge in [-0.2, -0.15) is 4.98 Å². The molecule has 6 heteroatoms. The van der Waals surface area contributed by atoms with Gasteiger partial charge in [0.15, 0.2) is 11.9 Å². The maximum atomic E-state index is 6.38. The van der Waals surface area contributed by atoms with Crippen molar-refractivity contribution in [2.75, 3.05) is 11.1 Å². The lowest BCUT2D eigenvalue weighted by Gasteiger charge is -2.23. The van der Waals surface area contributed by atoms with E-state index in [2.05, 4.69) is 60.3 Å². The van der Waals surface area contributed by atoms with Gasteiger partial charge in [-0.1, -0.05) is 54.6 Å². The predicted molar refractivity (Wildman–Crippen MR) is 109 cm³/mol. The zero-order chi connectivity index (χ0) is 19.0. The number of aryl methyl sites for hydroxylation is 3. The van der Waals surface area contributed by atoms with Crippen molar-refractivity contribution < 1.29 is 4.74 Å².